The predicted molar refractivity (Wildman–Crippen MR) is 72.2 cm³/mol. The summed E-state index contributed by atoms with van der Waals surface area (Å²) in [5.41, 5.74) is 2.81. The molecular weight excluding hydrogens is 262 g/mol. The summed E-state index contributed by atoms with van der Waals surface area (Å²) in [7, 11) is 0. The summed E-state index contributed by atoms with van der Waals surface area (Å²) in [4.78, 5) is 15.4. The average Bonchev–Trinajstić information content (AvgIpc) is 3.09. The Morgan fingerprint density at radius 2 is 2.16 bits per heavy atom. The van der Waals surface area contributed by atoms with E-state index in [0.29, 0.717) is 0 Å². The smallest absolute Gasteiger partial charge is 0.335 e. The van der Waals surface area contributed by atoms with Gasteiger partial charge in [0.05, 0.1) is 23.8 Å². The number of furan rings is 1. The second-order valence-electron chi connectivity index (χ2n) is 3.94. The minimum absolute atomic E-state index is 0.262. The molecular formula is C14H9NO3S. The first-order valence-corrected chi connectivity index (χ1v) is 6.44. The largest absolute Gasteiger partial charge is 0.478 e. The fraction of sp³-hybridized carbons (Fsp3) is 0. The molecule has 0 saturated carbocycles. The van der Waals surface area contributed by atoms with Crippen LogP contribution in [0.15, 0.2) is 52.7 Å². The molecule has 3 aromatic rings. The van der Waals surface area contributed by atoms with E-state index >= 15 is 0 Å². The molecule has 0 aliphatic carbocycles. The number of aromatic nitrogens is 1. The fourth-order valence-electron chi connectivity index (χ4n) is 1.73. The van der Waals surface area contributed by atoms with E-state index in [4.69, 9.17) is 9.52 Å². The molecule has 5 heteroatoms. The number of rotatable bonds is 3. The van der Waals surface area contributed by atoms with Crippen LogP contribution in [0.2, 0.25) is 0 Å². The van der Waals surface area contributed by atoms with Gasteiger partial charge in [-0.15, -0.1) is 11.3 Å². The minimum Gasteiger partial charge on any atom is -0.478 e. The third-order valence-electron chi connectivity index (χ3n) is 2.68. The standard InChI is InChI=1S/C14H9NO3S/c16-14(17)10-3-1-2-9(6-10)13-15-12(8-19-13)11-4-5-18-7-11/h1-8H,(H,16,17). The van der Waals surface area contributed by atoms with Gasteiger partial charge in [-0.25, -0.2) is 9.78 Å². The zero-order chi connectivity index (χ0) is 13.2. The molecule has 0 radical (unpaired) electrons. The maximum Gasteiger partial charge on any atom is 0.335 e. The second kappa shape index (κ2) is 4.70. The Bertz CT molecular complexity index is 716. The molecule has 1 N–H and O–H groups in total. The first-order chi connectivity index (χ1) is 9.24. The summed E-state index contributed by atoms with van der Waals surface area (Å²) in [5, 5.41) is 11.7. The number of carbonyl (C=O) groups is 1. The van der Waals surface area contributed by atoms with Crippen LogP contribution in [0.4, 0.5) is 0 Å². The van der Waals surface area contributed by atoms with Gasteiger partial charge in [-0.05, 0) is 18.2 Å². The van der Waals surface area contributed by atoms with Gasteiger partial charge >= 0.3 is 5.97 Å². The molecule has 2 heterocycles. The van der Waals surface area contributed by atoms with Crippen molar-refractivity contribution < 1.29 is 14.3 Å². The predicted octanol–water partition coefficient (Wildman–Crippen LogP) is 3.77. The van der Waals surface area contributed by atoms with Gasteiger partial charge in [0, 0.05) is 16.5 Å². The first-order valence-electron chi connectivity index (χ1n) is 5.56. The highest BCUT2D eigenvalue weighted by atomic mass is 32.1. The fourth-order valence-corrected chi connectivity index (χ4v) is 2.56. The van der Waals surface area contributed by atoms with Gasteiger partial charge in [0.15, 0.2) is 0 Å². The third-order valence-corrected chi connectivity index (χ3v) is 3.57. The molecule has 94 valence electrons. The maximum absolute atomic E-state index is 10.9. The lowest BCUT2D eigenvalue weighted by molar-refractivity contribution is 0.0697. The number of aromatic carboxylic acids is 1. The zero-order valence-corrected chi connectivity index (χ0v) is 10.6. The highest BCUT2D eigenvalue weighted by Crippen LogP contribution is 2.29. The summed E-state index contributed by atoms with van der Waals surface area (Å²) in [6.07, 6.45) is 3.23. The van der Waals surface area contributed by atoms with Gasteiger partial charge in [0.2, 0.25) is 0 Å². The molecule has 0 unspecified atom stereocenters. The van der Waals surface area contributed by atoms with E-state index in [9.17, 15) is 4.79 Å². The van der Waals surface area contributed by atoms with Crippen molar-refractivity contribution in [1.29, 1.82) is 0 Å². The van der Waals surface area contributed by atoms with Gasteiger partial charge in [0.1, 0.15) is 5.01 Å². The Hall–Kier alpha value is -2.40. The molecule has 0 fully saturated rings. The third kappa shape index (κ3) is 2.28. The van der Waals surface area contributed by atoms with Crippen LogP contribution in [0.5, 0.6) is 0 Å². The Morgan fingerprint density at radius 1 is 1.26 bits per heavy atom. The molecule has 2 aromatic heterocycles. The molecule has 0 aliphatic heterocycles. The molecule has 0 amide bonds. The van der Waals surface area contributed by atoms with Gasteiger partial charge in [0.25, 0.3) is 0 Å². The summed E-state index contributed by atoms with van der Waals surface area (Å²) in [5.74, 6) is -0.937. The molecule has 0 atom stereocenters. The molecule has 1 aromatic carbocycles. The van der Waals surface area contributed by atoms with Gasteiger partial charge in [-0.1, -0.05) is 12.1 Å². The number of benzene rings is 1. The first kappa shape index (κ1) is 11.7. The van der Waals surface area contributed by atoms with Crippen LogP contribution in [0.1, 0.15) is 10.4 Å². The van der Waals surface area contributed by atoms with Crippen LogP contribution in [0.3, 0.4) is 0 Å². The van der Waals surface area contributed by atoms with Crippen molar-refractivity contribution in [2.45, 2.75) is 0 Å². The van der Waals surface area contributed by atoms with E-state index < -0.39 is 5.97 Å². The number of carboxylic acids is 1. The van der Waals surface area contributed by atoms with Gasteiger partial charge < -0.3 is 9.52 Å². The van der Waals surface area contributed by atoms with Crippen molar-refractivity contribution in [3.8, 4) is 21.8 Å². The van der Waals surface area contributed by atoms with E-state index in [1.165, 1.54) is 11.3 Å². The Labute approximate surface area is 113 Å². The lowest BCUT2D eigenvalue weighted by atomic mass is 10.1. The normalized spacial score (nSPS) is 10.5. The van der Waals surface area contributed by atoms with Crippen molar-refractivity contribution in [2.24, 2.45) is 0 Å². The van der Waals surface area contributed by atoms with Gasteiger partial charge in [-0.3, -0.25) is 0 Å². The Balaban J connectivity index is 1.99. The van der Waals surface area contributed by atoms with Crippen LogP contribution in [-0.4, -0.2) is 16.1 Å². The average molecular weight is 271 g/mol. The monoisotopic (exact) mass is 271 g/mol. The van der Waals surface area contributed by atoms with Crippen molar-refractivity contribution in [3.63, 3.8) is 0 Å². The molecule has 0 bridgehead atoms. The molecule has 3 rings (SSSR count). The Morgan fingerprint density at radius 3 is 2.89 bits per heavy atom. The second-order valence-corrected chi connectivity index (χ2v) is 4.79. The minimum atomic E-state index is -0.937. The molecule has 0 spiro atoms. The number of hydrogen-bond acceptors (Lipinski definition) is 4. The highest BCUT2D eigenvalue weighted by molar-refractivity contribution is 7.13. The lowest BCUT2D eigenvalue weighted by Crippen LogP contribution is -1.95. The number of thiazole rings is 1. The van der Waals surface area contributed by atoms with E-state index in [0.717, 1.165) is 21.8 Å². The van der Waals surface area contributed by atoms with Crippen molar-refractivity contribution >= 4 is 17.3 Å². The van der Waals surface area contributed by atoms with E-state index in [1.54, 1.807) is 30.7 Å². The number of carboxylic acid groups (broad SMARTS) is 1. The molecule has 19 heavy (non-hydrogen) atoms. The van der Waals surface area contributed by atoms with Crippen LogP contribution >= 0.6 is 11.3 Å². The van der Waals surface area contributed by atoms with E-state index in [-0.39, 0.29) is 5.56 Å². The number of nitrogens with zero attached hydrogens (tertiary/aromatic N) is 1. The van der Waals surface area contributed by atoms with Crippen molar-refractivity contribution in [1.82, 2.24) is 4.98 Å². The summed E-state index contributed by atoms with van der Waals surface area (Å²) >= 11 is 1.48. The zero-order valence-electron chi connectivity index (χ0n) is 9.74. The van der Waals surface area contributed by atoms with Crippen molar-refractivity contribution in [2.75, 3.05) is 0 Å². The van der Waals surface area contributed by atoms with Crippen molar-refractivity contribution in [3.05, 3.63) is 53.8 Å². The van der Waals surface area contributed by atoms with Crippen LogP contribution in [-0.2, 0) is 0 Å². The number of hydrogen-bond donors (Lipinski definition) is 1. The summed E-state index contributed by atoms with van der Waals surface area (Å²) in [6.45, 7) is 0. The topological polar surface area (TPSA) is 63.3 Å². The van der Waals surface area contributed by atoms with E-state index in [1.807, 2.05) is 17.5 Å². The molecule has 0 aliphatic rings. The van der Waals surface area contributed by atoms with Crippen LogP contribution in [0.25, 0.3) is 21.8 Å². The maximum atomic E-state index is 10.9. The lowest BCUT2D eigenvalue weighted by Gasteiger charge is -1.98. The molecule has 0 saturated heterocycles. The van der Waals surface area contributed by atoms with E-state index in [2.05, 4.69) is 4.98 Å². The van der Waals surface area contributed by atoms with Crippen LogP contribution < -0.4 is 0 Å². The highest BCUT2D eigenvalue weighted by Gasteiger charge is 2.09. The summed E-state index contributed by atoms with van der Waals surface area (Å²) < 4.78 is 5.02. The SMILES string of the molecule is O=C(O)c1cccc(-c2nc(-c3ccoc3)cs2)c1. The molecule has 4 nitrogen and oxygen atoms in total. The van der Waals surface area contributed by atoms with Crippen LogP contribution in [0, 0.1) is 0 Å². The quantitative estimate of drug-likeness (QED) is 0.787. The summed E-state index contributed by atoms with van der Waals surface area (Å²) in [6, 6.07) is 8.60. The van der Waals surface area contributed by atoms with Gasteiger partial charge in [-0.2, -0.15) is 0 Å². The Kier molecular flexibility index (Phi) is 2.89.